The predicted octanol–water partition coefficient (Wildman–Crippen LogP) is 5.06. The Morgan fingerprint density at radius 3 is 2.62 bits per heavy atom. The summed E-state index contributed by atoms with van der Waals surface area (Å²) < 4.78 is 5.60. The molecule has 0 saturated heterocycles. The van der Waals surface area contributed by atoms with Crippen molar-refractivity contribution >= 4 is 23.4 Å². The molecule has 4 nitrogen and oxygen atoms in total. The van der Waals surface area contributed by atoms with E-state index < -0.39 is 5.60 Å². The van der Waals surface area contributed by atoms with Gasteiger partial charge in [0.2, 0.25) is 0 Å². The smallest absolute Gasteiger partial charge is 0.414 e. The van der Waals surface area contributed by atoms with E-state index in [1.165, 1.54) is 0 Å². The van der Waals surface area contributed by atoms with E-state index >= 15 is 0 Å². The number of allylic oxidation sites excluding steroid dienone is 1. The van der Waals surface area contributed by atoms with Gasteiger partial charge in [-0.05, 0) is 70.8 Å². The summed E-state index contributed by atoms with van der Waals surface area (Å²) in [7, 11) is 4.10. The molecular formula is C21H31ClN2O2. The Bertz CT molecular complexity index is 677. The molecule has 26 heavy (non-hydrogen) atoms. The van der Waals surface area contributed by atoms with Crippen LogP contribution in [0.3, 0.4) is 0 Å². The Kier molecular flexibility index (Phi) is 6.75. The van der Waals surface area contributed by atoms with Crippen molar-refractivity contribution in [1.82, 2.24) is 9.80 Å². The monoisotopic (exact) mass is 378 g/mol. The third kappa shape index (κ3) is 5.75. The van der Waals surface area contributed by atoms with Gasteiger partial charge in [-0.3, -0.25) is 4.90 Å². The van der Waals surface area contributed by atoms with Gasteiger partial charge in [0.05, 0.1) is 5.70 Å². The van der Waals surface area contributed by atoms with Gasteiger partial charge in [-0.25, -0.2) is 4.79 Å². The SMILES string of the molecule is CC1CC=C(c2ccc(CCN(C)C)c(Cl)c2)N(C(=O)OC(C)(C)C)C1. The lowest BCUT2D eigenvalue weighted by Crippen LogP contribution is -2.39. The van der Waals surface area contributed by atoms with Gasteiger partial charge in [0, 0.05) is 18.1 Å². The Morgan fingerprint density at radius 1 is 1.35 bits per heavy atom. The van der Waals surface area contributed by atoms with E-state index in [2.05, 4.69) is 44.1 Å². The number of likely N-dealkylation sites (N-methyl/N-ethyl adjacent to an activating group) is 1. The van der Waals surface area contributed by atoms with Crippen LogP contribution in [0.25, 0.3) is 5.70 Å². The molecule has 1 aliphatic heterocycles. The molecule has 1 aromatic carbocycles. The summed E-state index contributed by atoms with van der Waals surface area (Å²) in [6.07, 6.45) is 3.65. The lowest BCUT2D eigenvalue weighted by atomic mass is 9.97. The molecule has 144 valence electrons. The van der Waals surface area contributed by atoms with Gasteiger partial charge in [0.1, 0.15) is 5.60 Å². The van der Waals surface area contributed by atoms with Crippen LogP contribution in [-0.2, 0) is 11.2 Å². The third-order valence-electron chi connectivity index (χ3n) is 4.29. The number of rotatable bonds is 4. The first-order chi connectivity index (χ1) is 12.1. The summed E-state index contributed by atoms with van der Waals surface area (Å²) in [6.45, 7) is 9.40. The number of benzene rings is 1. The summed E-state index contributed by atoms with van der Waals surface area (Å²) in [5, 5.41) is 0.744. The van der Waals surface area contributed by atoms with Crippen LogP contribution in [0.5, 0.6) is 0 Å². The Labute approximate surface area is 162 Å². The number of halogens is 1. The molecule has 0 bridgehead atoms. The average molecular weight is 379 g/mol. The van der Waals surface area contributed by atoms with E-state index in [1.807, 2.05) is 26.8 Å². The minimum absolute atomic E-state index is 0.303. The topological polar surface area (TPSA) is 32.8 Å². The van der Waals surface area contributed by atoms with Crippen LogP contribution in [0.2, 0.25) is 5.02 Å². The minimum atomic E-state index is -0.517. The zero-order valence-corrected chi connectivity index (χ0v) is 17.6. The molecule has 0 radical (unpaired) electrons. The van der Waals surface area contributed by atoms with Crippen LogP contribution in [0.4, 0.5) is 4.79 Å². The summed E-state index contributed by atoms with van der Waals surface area (Å²) in [5.41, 5.74) is 2.45. The Morgan fingerprint density at radius 2 is 2.04 bits per heavy atom. The number of carbonyl (C=O) groups excluding carboxylic acids is 1. The van der Waals surface area contributed by atoms with Crippen LogP contribution >= 0.6 is 11.6 Å². The van der Waals surface area contributed by atoms with Crippen LogP contribution in [0.15, 0.2) is 24.3 Å². The van der Waals surface area contributed by atoms with Gasteiger partial charge in [0.25, 0.3) is 0 Å². The summed E-state index contributed by atoms with van der Waals surface area (Å²) in [6, 6.07) is 6.08. The van der Waals surface area contributed by atoms with E-state index in [4.69, 9.17) is 16.3 Å². The number of hydrogen-bond acceptors (Lipinski definition) is 3. The van der Waals surface area contributed by atoms with E-state index in [-0.39, 0.29) is 6.09 Å². The van der Waals surface area contributed by atoms with Gasteiger partial charge >= 0.3 is 6.09 Å². The van der Waals surface area contributed by atoms with Crippen LogP contribution in [0, 0.1) is 5.92 Å². The van der Waals surface area contributed by atoms with Gasteiger partial charge in [-0.15, -0.1) is 0 Å². The minimum Gasteiger partial charge on any atom is -0.443 e. The highest BCUT2D eigenvalue weighted by atomic mass is 35.5. The molecule has 0 fully saturated rings. The fourth-order valence-electron chi connectivity index (χ4n) is 2.92. The van der Waals surface area contributed by atoms with Gasteiger partial charge in [-0.1, -0.05) is 36.7 Å². The zero-order chi connectivity index (χ0) is 19.5. The van der Waals surface area contributed by atoms with Crippen molar-refractivity contribution < 1.29 is 9.53 Å². The zero-order valence-electron chi connectivity index (χ0n) is 16.8. The molecule has 1 atom stereocenters. The molecule has 2 rings (SSSR count). The van der Waals surface area contributed by atoms with Gasteiger partial charge < -0.3 is 9.64 Å². The lowest BCUT2D eigenvalue weighted by molar-refractivity contribution is 0.0327. The molecule has 1 aliphatic rings. The number of carbonyl (C=O) groups is 1. The summed E-state index contributed by atoms with van der Waals surface area (Å²) in [4.78, 5) is 16.6. The molecule has 0 N–H and O–H groups in total. The van der Waals surface area contributed by atoms with Crippen molar-refractivity contribution in [3.63, 3.8) is 0 Å². The van der Waals surface area contributed by atoms with Crippen molar-refractivity contribution in [3.05, 3.63) is 40.4 Å². The maximum Gasteiger partial charge on any atom is 0.414 e. The number of amides is 1. The molecule has 1 aromatic rings. The molecule has 0 saturated carbocycles. The fourth-order valence-corrected chi connectivity index (χ4v) is 3.20. The quantitative estimate of drug-likeness (QED) is 0.733. The largest absolute Gasteiger partial charge is 0.443 e. The highest BCUT2D eigenvalue weighted by Crippen LogP contribution is 2.31. The average Bonchev–Trinajstić information content (AvgIpc) is 2.51. The van der Waals surface area contributed by atoms with Crippen molar-refractivity contribution in [2.75, 3.05) is 27.2 Å². The number of ether oxygens (including phenoxy) is 1. The molecule has 0 spiro atoms. The molecule has 0 aromatic heterocycles. The normalized spacial score (nSPS) is 18.1. The second-order valence-corrected chi connectivity index (χ2v) is 8.79. The second kappa shape index (κ2) is 8.45. The standard InChI is InChI=1S/C21H31ClN2O2/c1-15-7-10-19(24(14-15)20(25)26-21(2,3)4)17-9-8-16(18(22)13-17)11-12-23(5)6/h8-10,13,15H,7,11-12,14H2,1-6H3. The van der Waals surface area contributed by atoms with Crippen molar-refractivity contribution in [2.24, 2.45) is 5.92 Å². The third-order valence-corrected chi connectivity index (χ3v) is 4.64. The van der Waals surface area contributed by atoms with Crippen LogP contribution in [-0.4, -0.2) is 48.7 Å². The molecule has 5 heteroatoms. The Hall–Kier alpha value is -1.52. The van der Waals surface area contributed by atoms with Gasteiger partial charge in [-0.2, -0.15) is 0 Å². The first-order valence-corrected chi connectivity index (χ1v) is 9.59. The maximum atomic E-state index is 12.7. The Balaban J connectivity index is 2.26. The van der Waals surface area contributed by atoms with Crippen molar-refractivity contribution in [2.45, 2.75) is 46.1 Å². The number of nitrogens with zero attached hydrogens (tertiary/aromatic N) is 2. The van der Waals surface area contributed by atoms with Crippen molar-refractivity contribution in [1.29, 1.82) is 0 Å². The predicted molar refractivity (Wildman–Crippen MR) is 108 cm³/mol. The van der Waals surface area contributed by atoms with E-state index in [1.54, 1.807) is 4.90 Å². The molecule has 1 unspecified atom stereocenters. The molecular weight excluding hydrogens is 348 g/mol. The van der Waals surface area contributed by atoms with Crippen LogP contribution < -0.4 is 0 Å². The van der Waals surface area contributed by atoms with E-state index in [0.717, 1.165) is 41.2 Å². The fraction of sp³-hybridized carbons (Fsp3) is 0.571. The molecule has 1 heterocycles. The highest BCUT2D eigenvalue weighted by molar-refractivity contribution is 6.31. The van der Waals surface area contributed by atoms with E-state index in [9.17, 15) is 4.79 Å². The lowest BCUT2D eigenvalue weighted by Gasteiger charge is -2.34. The van der Waals surface area contributed by atoms with Gasteiger partial charge in [0.15, 0.2) is 0 Å². The summed E-state index contributed by atoms with van der Waals surface area (Å²) in [5.74, 6) is 0.404. The summed E-state index contributed by atoms with van der Waals surface area (Å²) >= 11 is 6.51. The first-order valence-electron chi connectivity index (χ1n) is 9.21. The second-order valence-electron chi connectivity index (χ2n) is 8.38. The van der Waals surface area contributed by atoms with E-state index in [0.29, 0.717) is 12.5 Å². The highest BCUT2D eigenvalue weighted by Gasteiger charge is 2.29. The molecule has 1 amide bonds. The molecule has 0 aliphatic carbocycles. The maximum absolute atomic E-state index is 12.7. The number of hydrogen-bond donors (Lipinski definition) is 0. The van der Waals surface area contributed by atoms with Crippen molar-refractivity contribution in [3.8, 4) is 0 Å². The first kappa shape index (κ1) is 20.8. The van der Waals surface area contributed by atoms with Crippen LogP contribution in [0.1, 0.15) is 45.2 Å².